The minimum atomic E-state index is 0.228. The van der Waals surface area contributed by atoms with E-state index in [4.69, 9.17) is 4.42 Å². The number of pyridine rings is 1. The minimum Gasteiger partial charge on any atom is -0.442 e. The Hall–Kier alpha value is -1.38. The van der Waals surface area contributed by atoms with Crippen molar-refractivity contribution < 1.29 is 4.42 Å². The molecule has 0 spiro atoms. The van der Waals surface area contributed by atoms with Gasteiger partial charge in [0.2, 0.25) is 0 Å². The van der Waals surface area contributed by atoms with Gasteiger partial charge in [-0.05, 0) is 18.3 Å². The van der Waals surface area contributed by atoms with E-state index in [1.165, 1.54) is 12.0 Å². The topological polar surface area (TPSA) is 38.9 Å². The van der Waals surface area contributed by atoms with E-state index in [0.29, 0.717) is 5.92 Å². The predicted molar refractivity (Wildman–Crippen MR) is 73.7 cm³/mol. The maximum atomic E-state index is 5.55. The van der Waals surface area contributed by atoms with Crippen molar-refractivity contribution in [3.05, 3.63) is 23.8 Å². The largest absolute Gasteiger partial charge is 0.442 e. The summed E-state index contributed by atoms with van der Waals surface area (Å²) in [7, 11) is 0. The molecule has 2 rings (SSSR count). The molecular formula is C15H22N2O. The molecule has 3 heteroatoms. The van der Waals surface area contributed by atoms with Gasteiger partial charge in [0.05, 0.1) is 5.69 Å². The van der Waals surface area contributed by atoms with E-state index in [1.54, 1.807) is 0 Å². The highest BCUT2D eigenvalue weighted by atomic mass is 16.3. The zero-order valence-corrected chi connectivity index (χ0v) is 11.9. The molecule has 0 radical (unpaired) electrons. The summed E-state index contributed by atoms with van der Waals surface area (Å²) in [4.78, 5) is 8.97. The standard InChI is InChI=1S/C15H22N2O/c1-6-10(2)12-14-13(17-9-18-14)11(8-16-12)7-15(3,4)5/h8-10H,6-7H2,1-5H3. The third kappa shape index (κ3) is 2.55. The van der Waals surface area contributed by atoms with E-state index in [2.05, 4.69) is 44.6 Å². The van der Waals surface area contributed by atoms with Crippen LogP contribution < -0.4 is 0 Å². The molecule has 0 N–H and O–H groups in total. The Labute approximate surface area is 109 Å². The van der Waals surface area contributed by atoms with Gasteiger partial charge in [0.25, 0.3) is 0 Å². The van der Waals surface area contributed by atoms with Crippen LogP contribution >= 0.6 is 0 Å². The van der Waals surface area contributed by atoms with Crippen molar-refractivity contribution in [1.29, 1.82) is 0 Å². The second-order valence-corrected chi connectivity index (χ2v) is 6.25. The maximum absolute atomic E-state index is 5.55. The SMILES string of the molecule is CCC(C)c1ncc(CC(C)(C)C)c2ncoc12. The van der Waals surface area contributed by atoms with Crippen molar-refractivity contribution in [1.82, 2.24) is 9.97 Å². The first-order valence-corrected chi connectivity index (χ1v) is 6.63. The van der Waals surface area contributed by atoms with Gasteiger partial charge in [-0.3, -0.25) is 4.98 Å². The van der Waals surface area contributed by atoms with Crippen LogP contribution in [-0.2, 0) is 6.42 Å². The van der Waals surface area contributed by atoms with Gasteiger partial charge in [-0.1, -0.05) is 34.6 Å². The second-order valence-electron chi connectivity index (χ2n) is 6.25. The molecule has 0 saturated heterocycles. The van der Waals surface area contributed by atoms with Crippen LogP contribution in [0.2, 0.25) is 0 Å². The highest BCUT2D eigenvalue weighted by Gasteiger charge is 2.19. The van der Waals surface area contributed by atoms with Crippen molar-refractivity contribution in [2.75, 3.05) is 0 Å². The number of oxazole rings is 1. The Kier molecular flexibility index (Phi) is 3.42. The fourth-order valence-electron chi connectivity index (χ4n) is 2.17. The van der Waals surface area contributed by atoms with Gasteiger partial charge in [-0.15, -0.1) is 0 Å². The molecule has 3 nitrogen and oxygen atoms in total. The molecule has 0 saturated carbocycles. The first-order chi connectivity index (χ1) is 8.42. The third-order valence-corrected chi connectivity index (χ3v) is 3.26. The number of aromatic nitrogens is 2. The quantitative estimate of drug-likeness (QED) is 0.809. The molecule has 0 aromatic carbocycles. The lowest BCUT2D eigenvalue weighted by Crippen LogP contribution is -2.10. The Morgan fingerprint density at radius 2 is 2.00 bits per heavy atom. The Bertz CT molecular complexity index is 537. The highest BCUT2D eigenvalue weighted by molar-refractivity contribution is 5.78. The Morgan fingerprint density at radius 3 is 2.61 bits per heavy atom. The molecule has 0 aliphatic carbocycles. The van der Waals surface area contributed by atoms with Crippen molar-refractivity contribution in [2.45, 2.75) is 53.4 Å². The van der Waals surface area contributed by atoms with Crippen LogP contribution in [0.3, 0.4) is 0 Å². The van der Waals surface area contributed by atoms with Crippen molar-refractivity contribution in [3.8, 4) is 0 Å². The molecular weight excluding hydrogens is 224 g/mol. The van der Waals surface area contributed by atoms with Gasteiger partial charge < -0.3 is 4.42 Å². The van der Waals surface area contributed by atoms with Crippen LogP contribution in [0.5, 0.6) is 0 Å². The number of hydrogen-bond acceptors (Lipinski definition) is 3. The van der Waals surface area contributed by atoms with Gasteiger partial charge in [-0.25, -0.2) is 4.98 Å². The van der Waals surface area contributed by atoms with E-state index in [1.807, 2.05) is 6.20 Å². The molecule has 1 atom stereocenters. The summed E-state index contributed by atoms with van der Waals surface area (Å²) in [6.45, 7) is 11.0. The summed E-state index contributed by atoms with van der Waals surface area (Å²) >= 11 is 0. The molecule has 0 fully saturated rings. The van der Waals surface area contributed by atoms with Crippen LogP contribution in [0, 0.1) is 5.41 Å². The number of hydrogen-bond donors (Lipinski definition) is 0. The summed E-state index contributed by atoms with van der Waals surface area (Å²) < 4.78 is 5.55. The highest BCUT2D eigenvalue weighted by Crippen LogP contribution is 2.30. The molecule has 2 aromatic heterocycles. The van der Waals surface area contributed by atoms with Crippen LogP contribution in [0.4, 0.5) is 0 Å². The van der Waals surface area contributed by atoms with Gasteiger partial charge >= 0.3 is 0 Å². The van der Waals surface area contributed by atoms with Crippen LogP contribution in [0.25, 0.3) is 11.1 Å². The summed E-state index contributed by atoms with van der Waals surface area (Å²) in [6.07, 6.45) is 5.52. The van der Waals surface area contributed by atoms with Crippen LogP contribution in [-0.4, -0.2) is 9.97 Å². The van der Waals surface area contributed by atoms with Gasteiger partial charge in [0, 0.05) is 17.7 Å². The second kappa shape index (κ2) is 4.71. The fraction of sp³-hybridized carbons (Fsp3) is 0.600. The molecule has 0 amide bonds. The van der Waals surface area contributed by atoms with Crippen molar-refractivity contribution >= 4 is 11.1 Å². The Morgan fingerprint density at radius 1 is 1.28 bits per heavy atom. The monoisotopic (exact) mass is 246 g/mol. The molecule has 2 heterocycles. The Balaban J connectivity index is 2.50. The predicted octanol–water partition coefficient (Wildman–Crippen LogP) is 4.32. The molecule has 0 bridgehead atoms. The van der Waals surface area contributed by atoms with E-state index >= 15 is 0 Å². The average molecular weight is 246 g/mol. The van der Waals surface area contributed by atoms with E-state index in [0.717, 1.165) is 29.6 Å². The van der Waals surface area contributed by atoms with Crippen LogP contribution in [0.1, 0.15) is 58.2 Å². The molecule has 0 aliphatic heterocycles. The van der Waals surface area contributed by atoms with E-state index in [9.17, 15) is 0 Å². The summed E-state index contributed by atoms with van der Waals surface area (Å²) in [5.41, 5.74) is 4.29. The normalized spacial score (nSPS) is 14.1. The van der Waals surface area contributed by atoms with Gasteiger partial charge in [0.15, 0.2) is 12.0 Å². The van der Waals surface area contributed by atoms with E-state index in [-0.39, 0.29) is 5.41 Å². The molecule has 98 valence electrons. The van der Waals surface area contributed by atoms with Crippen LogP contribution in [0.15, 0.2) is 17.0 Å². The minimum absolute atomic E-state index is 0.228. The number of rotatable bonds is 3. The molecule has 1 unspecified atom stereocenters. The summed E-state index contributed by atoms with van der Waals surface area (Å²) in [5, 5.41) is 0. The third-order valence-electron chi connectivity index (χ3n) is 3.26. The van der Waals surface area contributed by atoms with Gasteiger partial charge in [-0.2, -0.15) is 0 Å². The first-order valence-electron chi connectivity index (χ1n) is 6.63. The van der Waals surface area contributed by atoms with Gasteiger partial charge in [0.1, 0.15) is 5.52 Å². The lowest BCUT2D eigenvalue weighted by atomic mass is 9.88. The first kappa shape index (κ1) is 13.1. The molecule has 18 heavy (non-hydrogen) atoms. The zero-order chi connectivity index (χ0) is 13.3. The smallest absolute Gasteiger partial charge is 0.182 e. The lowest BCUT2D eigenvalue weighted by Gasteiger charge is -2.18. The fourth-order valence-corrected chi connectivity index (χ4v) is 2.17. The average Bonchev–Trinajstić information content (AvgIpc) is 2.76. The van der Waals surface area contributed by atoms with Crippen molar-refractivity contribution in [3.63, 3.8) is 0 Å². The number of fused-ring (bicyclic) bond motifs is 1. The maximum Gasteiger partial charge on any atom is 0.182 e. The zero-order valence-electron chi connectivity index (χ0n) is 11.9. The molecule has 2 aromatic rings. The van der Waals surface area contributed by atoms with Crippen molar-refractivity contribution in [2.24, 2.45) is 5.41 Å². The summed E-state index contributed by atoms with van der Waals surface area (Å²) in [5.74, 6) is 0.407. The lowest BCUT2D eigenvalue weighted by molar-refractivity contribution is 0.412. The summed E-state index contributed by atoms with van der Waals surface area (Å²) in [6, 6.07) is 0. The number of nitrogens with zero attached hydrogens (tertiary/aromatic N) is 2. The van der Waals surface area contributed by atoms with E-state index < -0.39 is 0 Å². The molecule has 0 aliphatic rings.